The number of hydrogen-bond acceptors (Lipinski definition) is 4. The van der Waals surface area contributed by atoms with Crippen molar-refractivity contribution in [1.29, 1.82) is 0 Å². The van der Waals surface area contributed by atoms with Crippen LogP contribution < -0.4 is 15.4 Å². The number of ether oxygens (including phenoxy) is 1. The second-order valence-corrected chi connectivity index (χ2v) is 10.4. The first kappa shape index (κ1) is 13.6. The van der Waals surface area contributed by atoms with Gasteiger partial charge in [0.25, 0.3) is 0 Å². The third kappa shape index (κ3) is 3.14. The number of aromatic amines is 1. The molecular formula is C13H20N4OSi. The number of para-hydroxylation sites is 2. The van der Waals surface area contributed by atoms with Crippen molar-refractivity contribution in [2.24, 2.45) is 0 Å². The van der Waals surface area contributed by atoms with Gasteiger partial charge in [0.15, 0.2) is 0 Å². The lowest BCUT2D eigenvalue weighted by molar-refractivity contribution is 0.416. The van der Waals surface area contributed by atoms with Crippen molar-refractivity contribution in [2.45, 2.75) is 26.2 Å². The van der Waals surface area contributed by atoms with Crippen LogP contribution in [0.15, 0.2) is 24.3 Å². The van der Waals surface area contributed by atoms with Crippen LogP contribution in [0.2, 0.25) is 19.6 Å². The van der Waals surface area contributed by atoms with Crippen molar-refractivity contribution in [1.82, 2.24) is 15.4 Å². The zero-order valence-electron chi connectivity index (χ0n) is 11.8. The number of H-pyrrole nitrogens is 1. The van der Waals surface area contributed by atoms with Crippen molar-refractivity contribution in [3.63, 3.8) is 0 Å². The van der Waals surface area contributed by atoms with Crippen molar-refractivity contribution >= 4 is 19.1 Å². The Morgan fingerprint density at radius 2 is 1.95 bits per heavy atom. The van der Waals surface area contributed by atoms with E-state index >= 15 is 0 Å². The predicted molar refractivity (Wildman–Crippen MR) is 79.7 cm³/mol. The number of methoxy groups -OCH3 is 1. The summed E-state index contributed by atoms with van der Waals surface area (Å²) in [6.45, 7) is 7.43. The maximum atomic E-state index is 5.32. The summed E-state index contributed by atoms with van der Waals surface area (Å²) in [6, 6.07) is 7.86. The monoisotopic (exact) mass is 276 g/mol. The molecular weight excluding hydrogens is 256 g/mol. The molecule has 1 heterocycles. The second-order valence-electron chi connectivity index (χ2n) is 5.42. The van der Waals surface area contributed by atoms with Crippen molar-refractivity contribution < 1.29 is 4.74 Å². The van der Waals surface area contributed by atoms with E-state index in [0.29, 0.717) is 6.54 Å². The first-order chi connectivity index (χ1) is 9.02. The van der Waals surface area contributed by atoms with Crippen LogP contribution in [0, 0.1) is 0 Å². The summed E-state index contributed by atoms with van der Waals surface area (Å²) >= 11 is 0. The number of benzene rings is 1. The molecule has 1 aromatic heterocycles. The molecule has 0 unspecified atom stereocenters. The molecule has 2 rings (SSSR count). The highest BCUT2D eigenvalue weighted by Gasteiger charge is 2.24. The molecule has 2 N–H and O–H groups in total. The first-order valence-corrected chi connectivity index (χ1v) is 9.79. The molecule has 2 aromatic rings. The molecule has 0 atom stereocenters. The Hall–Kier alpha value is -1.82. The van der Waals surface area contributed by atoms with E-state index in [4.69, 9.17) is 4.74 Å². The summed E-state index contributed by atoms with van der Waals surface area (Å²) in [5, 5.41) is 15.8. The number of rotatable bonds is 5. The van der Waals surface area contributed by atoms with Crippen LogP contribution in [0.4, 0.5) is 5.69 Å². The molecule has 0 spiro atoms. The van der Waals surface area contributed by atoms with Gasteiger partial charge in [0.2, 0.25) is 0 Å². The van der Waals surface area contributed by atoms with Crippen molar-refractivity contribution in [3.05, 3.63) is 30.0 Å². The molecule has 0 amide bonds. The number of anilines is 1. The normalized spacial score (nSPS) is 11.4. The zero-order chi connectivity index (χ0) is 13.9. The van der Waals surface area contributed by atoms with E-state index in [9.17, 15) is 0 Å². The van der Waals surface area contributed by atoms with Gasteiger partial charge in [-0.15, -0.1) is 0 Å². The van der Waals surface area contributed by atoms with Crippen LogP contribution in [0.25, 0.3) is 0 Å². The summed E-state index contributed by atoms with van der Waals surface area (Å²) in [4.78, 5) is 0. The van der Waals surface area contributed by atoms with E-state index in [-0.39, 0.29) is 0 Å². The highest BCUT2D eigenvalue weighted by atomic mass is 28.3. The number of hydrogen-bond donors (Lipinski definition) is 2. The Labute approximate surface area is 114 Å². The van der Waals surface area contributed by atoms with Crippen LogP contribution in [0.5, 0.6) is 5.75 Å². The molecule has 0 saturated heterocycles. The Morgan fingerprint density at radius 3 is 2.63 bits per heavy atom. The van der Waals surface area contributed by atoms with E-state index in [1.165, 1.54) is 0 Å². The van der Waals surface area contributed by atoms with Gasteiger partial charge in [-0.2, -0.15) is 15.4 Å². The van der Waals surface area contributed by atoms with Crippen LogP contribution in [-0.2, 0) is 6.54 Å². The summed E-state index contributed by atoms with van der Waals surface area (Å²) in [5.74, 6) is 0.834. The van der Waals surface area contributed by atoms with E-state index < -0.39 is 8.07 Å². The molecule has 0 aliphatic rings. The van der Waals surface area contributed by atoms with Gasteiger partial charge in [-0.05, 0) is 12.1 Å². The molecule has 5 nitrogen and oxygen atoms in total. The highest BCUT2D eigenvalue weighted by Crippen LogP contribution is 2.23. The summed E-state index contributed by atoms with van der Waals surface area (Å²) in [7, 11) is 0.209. The van der Waals surface area contributed by atoms with Gasteiger partial charge in [-0.3, -0.25) is 0 Å². The molecule has 0 fully saturated rings. The maximum absolute atomic E-state index is 5.32. The Kier molecular flexibility index (Phi) is 3.89. The number of nitrogens with zero attached hydrogens (tertiary/aromatic N) is 2. The minimum absolute atomic E-state index is 0.649. The largest absolute Gasteiger partial charge is 0.495 e. The average molecular weight is 276 g/mol. The molecule has 1 aromatic carbocycles. The average Bonchev–Trinajstić information content (AvgIpc) is 2.85. The summed E-state index contributed by atoms with van der Waals surface area (Å²) < 4.78 is 5.32. The zero-order valence-corrected chi connectivity index (χ0v) is 12.8. The maximum Gasteiger partial charge on any atom is 0.141 e. The van der Waals surface area contributed by atoms with Gasteiger partial charge in [0.05, 0.1) is 24.7 Å². The lowest BCUT2D eigenvalue weighted by atomic mass is 10.3. The fourth-order valence-corrected chi connectivity index (χ4v) is 3.34. The molecule has 102 valence electrons. The van der Waals surface area contributed by atoms with Gasteiger partial charge in [0, 0.05) is 0 Å². The number of nitrogens with one attached hydrogen (secondary N) is 2. The minimum atomic E-state index is -1.46. The minimum Gasteiger partial charge on any atom is -0.495 e. The van der Waals surface area contributed by atoms with Crippen LogP contribution >= 0.6 is 0 Å². The van der Waals surface area contributed by atoms with Crippen LogP contribution in [0.1, 0.15) is 5.69 Å². The summed E-state index contributed by atoms with van der Waals surface area (Å²) in [6.07, 6.45) is 0. The van der Waals surface area contributed by atoms with Gasteiger partial charge >= 0.3 is 0 Å². The van der Waals surface area contributed by atoms with Crippen molar-refractivity contribution in [2.75, 3.05) is 12.4 Å². The smallest absolute Gasteiger partial charge is 0.141 e. The third-order valence-corrected chi connectivity index (χ3v) is 4.70. The summed E-state index contributed by atoms with van der Waals surface area (Å²) in [5.41, 5.74) is 1.96. The molecule has 6 heteroatoms. The van der Waals surface area contributed by atoms with E-state index in [1.54, 1.807) is 7.11 Å². The van der Waals surface area contributed by atoms with E-state index in [1.807, 2.05) is 24.3 Å². The Bertz CT molecular complexity index is 548. The second kappa shape index (κ2) is 5.44. The lowest BCUT2D eigenvalue weighted by Gasteiger charge is -2.15. The topological polar surface area (TPSA) is 62.8 Å². The lowest BCUT2D eigenvalue weighted by Crippen LogP contribution is -2.41. The molecule has 0 saturated carbocycles. The van der Waals surface area contributed by atoms with E-state index in [2.05, 4.69) is 40.4 Å². The quantitative estimate of drug-likeness (QED) is 0.820. The third-order valence-electron chi connectivity index (χ3n) is 2.88. The fourth-order valence-electron chi connectivity index (χ4n) is 1.95. The Morgan fingerprint density at radius 1 is 1.21 bits per heavy atom. The van der Waals surface area contributed by atoms with Crippen molar-refractivity contribution in [3.8, 4) is 5.75 Å². The molecule has 19 heavy (non-hydrogen) atoms. The van der Waals surface area contributed by atoms with Crippen LogP contribution in [-0.4, -0.2) is 30.6 Å². The fraction of sp³-hybridized carbons (Fsp3) is 0.385. The first-order valence-electron chi connectivity index (χ1n) is 6.29. The Balaban J connectivity index is 2.13. The van der Waals surface area contributed by atoms with Gasteiger partial charge in [-0.1, -0.05) is 31.8 Å². The van der Waals surface area contributed by atoms with E-state index in [0.717, 1.165) is 22.4 Å². The van der Waals surface area contributed by atoms with Gasteiger partial charge < -0.3 is 10.1 Å². The highest BCUT2D eigenvalue weighted by molar-refractivity contribution is 6.88. The van der Waals surface area contributed by atoms with Gasteiger partial charge in [0.1, 0.15) is 19.5 Å². The standard InChI is InChI=1S/C13H20N4OSi/c1-18-12-8-6-5-7-10(12)14-9-11-13(16-17-15-11)19(2,3)4/h5-8,14H,9H2,1-4H3,(H,15,16,17). The predicted octanol–water partition coefficient (Wildman–Crippen LogP) is 1.97. The SMILES string of the molecule is COc1ccccc1NCc1n[nH]nc1[Si](C)(C)C. The van der Waals surface area contributed by atoms with Gasteiger partial charge in [-0.25, -0.2) is 0 Å². The number of aromatic nitrogens is 3. The molecule has 0 aliphatic heterocycles. The molecule has 0 radical (unpaired) electrons. The molecule has 0 aliphatic carbocycles. The van der Waals surface area contributed by atoms with Crippen LogP contribution in [0.3, 0.4) is 0 Å². The molecule has 0 bridgehead atoms.